The lowest BCUT2D eigenvalue weighted by atomic mass is 10.1. The fourth-order valence-electron chi connectivity index (χ4n) is 2.00. The summed E-state index contributed by atoms with van der Waals surface area (Å²) >= 11 is 0. The van der Waals surface area contributed by atoms with Crippen molar-refractivity contribution < 1.29 is 9.53 Å². The van der Waals surface area contributed by atoms with E-state index in [0.29, 0.717) is 13.2 Å². The maximum atomic E-state index is 11.5. The maximum absolute atomic E-state index is 11.5. The van der Waals surface area contributed by atoms with E-state index in [4.69, 9.17) is 4.74 Å². The molecule has 1 unspecified atom stereocenters. The van der Waals surface area contributed by atoms with Crippen LogP contribution in [0.25, 0.3) is 0 Å². The number of nitrogens with one attached hydrogen (secondary N) is 1. The molecule has 1 aromatic rings. The van der Waals surface area contributed by atoms with E-state index < -0.39 is 0 Å². The van der Waals surface area contributed by atoms with Crippen LogP contribution in [0.15, 0.2) is 24.3 Å². The Morgan fingerprint density at radius 1 is 1.50 bits per heavy atom. The molecule has 0 saturated heterocycles. The topological polar surface area (TPSA) is 38.3 Å². The molecule has 18 heavy (non-hydrogen) atoms. The van der Waals surface area contributed by atoms with Crippen LogP contribution in [-0.2, 0) is 16.1 Å². The van der Waals surface area contributed by atoms with Crippen molar-refractivity contribution in [2.75, 3.05) is 6.61 Å². The van der Waals surface area contributed by atoms with Crippen molar-refractivity contribution in [3.05, 3.63) is 35.4 Å². The van der Waals surface area contributed by atoms with Gasteiger partial charge in [0.1, 0.15) is 6.04 Å². The summed E-state index contributed by atoms with van der Waals surface area (Å²) in [5.41, 5.74) is 2.66. The van der Waals surface area contributed by atoms with Crippen molar-refractivity contribution in [2.45, 2.75) is 45.2 Å². The molecule has 1 aromatic carbocycles. The van der Waals surface area contributed by atoms with Gasteiger partial charge in [-0.2, -0.15) is 0 Å². The average Bonchev–Trinajstić information content (AvgIpc) is 3.21. The van der Waals surface area contributed by atoms with Gasteiger partial charge in [-0.05, 0) is 43.7 Å². The zero-order chi connectivity index (χ0) is 13.0. The third kappa shape index (κ3) is 3.57. The van der Waals surface area contributed by atoms with Gasteiger partial charge in [0.25, 0.3) is 0 Å². The number of carbonyl (C=O) groups excluding carboxylic acids is 1. The van der Waals surface area contributed by atoms with Gasteiger partial charge in [-0.15, -0.1) is 0 Å². The summed E-state index contributed by atoms with van der Waals surface area (Å²) in [6, 6.07) is 8.36. The highest BCUT2D eigenvalue weighted by molar-refractivity contribution is 5.75. The monoisotopic (exact) mass is 247 g/mol. The maximum Gasteiger partial charge on any atom is 0.322 e. The molecular weight excluding hydrogens is 226 g/mol. The lowest BCUT2D eigenvalue weighted by Crippen LogP contribution is -2.34. The van der Waals surface area contributed by atoms with Crippen LogP contribution in [0.1, 0.15) is 43.7 Å². The van der Waals surface area contributed by atoms with Gasteiger partial charge in [-0.25, -0.2) is 0 Å². The third-order valence-corrected chi connectivity index (χ3v) is 3.25. The fourth-order valence-corrected chi connectivity index (χ4v) is 2.00. The summed E-state index contributed by atoms with van der Waals surface area (Å²) in [4.78, 5) is 11.5. The number of rotatable bonds is 6. The molecule has 2 rings (SSSR count). The molecule has 3 nitrogen and oxygen atoms in total. The third-order valence-electron chi connectivity index (χ3n) is 3.25. The molecule has 0 amide bonds. The minimum atomic E-state index is -0.255. The fraction of sp³-hybridized carbons (Fsp3) is 0.533. The molecule has 1 fully saturated rings. The highest BCUT2D eigenvalue weighted by Gasteiger charge is 2.23. The van der Waals surface area contributed by atoms with Gasteiger partial charge in [-0.3, -0.25) is 4.79 Å². The second kappa shape index (κ2) is 6.01. The first kappa shape index (κ1) is 13.1. The van der Waals surface area contributed by atoms with Crippen LogP contribution in [0.3, 0.4) is 0 Å². The van der Waals surface area contributed by atoms with E-state index >= 15 is 0 Å². The van der Waals surface area contributed by atoms with Crippen molar-refractivity contribution in [3.8, 4) is 0 Å². The van der Waals surface area contributed by atoms with E-state index in [9.17, 15) is 4.79 Å². The van der Waals surface area contributed by atoms with E-state index in [2.05, 4.69) is 29.6 Å². The second-order valence-corrected chi connectivity index (χ2v) is 4.87. The Morgan fingerprint density at radius 3 is 2.94 bits per heavy atom. The molecule has 3 heteroatoms. The first-order chi connectivity index (χ1) is 8.70. The van der Waals surface area contributed by atoms with Crippen molar-refractivity contribution in [2.24, 2.45) is 0 Å². The smallest absolute Gasteiger partial charge is 0.322 e. The summed E-state index contributed by atoms with van der Waals surface area (Å²) in [5, 5.41) is 3.20. The first-order valence-corrected chi connectivity index (χ1v) is 6.69. The minimum absolute atomic E-state index is 0.184. The quantitative estimate of drug-likeness (QED) is 0.785. The summed E-state index contributed by atoms with van der Waals surface area (Å²) in [7, 11) is 0. The molecule has 1 aliphatic carbocycles. The Labute approximate surface area is 109 Å². The normalized spacial score (nSPS) is 16.3. The molecule has 0 aliphatic heterocycles. The van der Waals surface area contributed by atoms with Crippen LogP contribution in [-0.4, -0.2) is 18.6 Å². The molecule has 1 atom stereocenters. The number of benzene rings is 1. The van der Waals surface area contributed by atoms with E-state index in [-0.39, 0.29) is 12.0 Å². The SMILES string of the molecule is CCOC(=O)C(C)NCc1cccc(C2CC2)c1. The van der Waals surface area contributed by atoms with E-state index in [1.807, 2.05) is 13.8 Å². The molecule has 0 spiro atoms. The van der Waals surface area contributed by atoms with Crippen LogP contribution in [0.4, 0.5) is 0 Å². The predicted molar refractivity (Wildman–Crippen MR) is 71.4 cm³/mol. The Bertz CT molecular complexity index is 413. The van der Waals surface area contributed by atoms with Crippen molar-refractivity contribution in [1.82, 2.24) is 5.32 Å². The summed E-state index contributed by atoms with van der Waals surface area (Å²) in [6.45, 7) is 4.80. The van der Waals surface area contributed by atoms with Gasteiger partial charge in [0.05, 0.1) is 6.61 Å². The van der Waals surface area contributed by atoms with Crippen LogP contribution in [0.2, 0.25) is 0 Å². The zero-order valence-electron chi connectivity index (χ0n) is 11.1. The van der Waals surface area contributed by atoms with E-state index in [1.165, 1.54) is 24.0 Å². The van der Waals surface area contributed by atoms with Gasteiger partial charge in [-0.1, -0.05) is 24.3 Å². The number of esters is 1. The molecule has 98 valence electrons. The van der Waals surface area contributed by atoms with Gasteiger partial charge < -0.3 is 10.1 Å². The molecule has 1 N–H and O–H groups in total. The lowest BCUT2D eigenvalue weighted by molar-refractivity contribution is -0.145. The lowest BCUT2D eigenvalue weighted by Gasteiger charge is -2.13. The van der Waals surface area contributed by atoms with E-state index in [1.54, 1.807) is 0 Å². The first-order valence-electron chi connectivity index (χ1n) is 6.69. The van der Waals surface area contributed by atoms with Gasteiger partial charge >= 0.3 is 5.97 Å². The molecule has 0 bridgehead atoms. The number of carbonyl (C=O) groups is 1. The second-order valence-electron chi connectivity index (χ2n) is 4.87. The summed E-state index contributed by atoms with van der Waals surface area (Å²) in [5.74, 6) is 0.586. The zero-order valence-corrected chi connectivity index (χ0v) is 11.1. The molecule has 1 aliphatic rings. The molecule has 0 aromatic heterocycles. The van der Waals surface area contributed by atoms with Crippen molar-refractivity contribution >= 4 is 5.97 Å². The number of hydrogen-bond acceptors (Lipinski definition) is 3. The Kier molecular flexibility index (Phi) is 4.37. The van der Waals surface area contributed by atoms with Crippen molar-refractivity contribution in [1.29, 1.82) is 0 Å². The van der Waals surface area contributed by atoms with Gasteiger partial charge in [0.15, 0.2) is 0 Å². The van der Waals surface area contributed by atoms with Crippen molar-refractivity contribution in [3.63, 3.8) is 0 Å². The van der Waals surface area contributed by atoms with Gasteiger partial charge in [0.2, 0.25) is 0 Å². The molecule has 0 radical (unpaired) electrons. The highest BCUT2D eigenvalue weighted by atomic mass is 16.5. The number of hydrogen-bond donors (Lipinski definition) is 1. The molecular formula is C15H21NO2. The molecule has 1 saturated carbocycles. The number of ether oxygens (including phenoxy) is 1. The Hall–Kier alpha value is -1.35. The van der Waals surface area contributed by atoms with Crippen LogP contribution >= 0.6 is 0 Å². The Balaban J connectivity index is 1.85. The van der Waals surface area contributed by atoms with E-state index in [0.717, 1.165) is 5.92 Å². The average molecular weight is 247 g/mol. The predicted octanol–water partition coefficient (Wildman–Crippen LogP) is 2.61. The largest absolute Gasteiger partial charge is 0.465 e. The van der Waals surface area contributed by atoms with Gasteiger partial charge in [0, 0.05) is 6.54 Å². The van der Waals surface area contributed by atoms with Crippen LogP contribution in [0, 0.1) is 0 Å². The summed E-state index contributed by atoms with van der Waals surface area (Å²) < 4.78 is 4.96. The minimum Gasteiger partial charge on any atom is -0.465 e. The highest BCUT2D eigenvalue weighted by Crippen LogP contribution is 2.40. The Morgan fingerprint density at radius 2 is 2.28 bits per heavy atom. The summed E-state index contributed by atoms with van der Waals surface area (Å²) in [6.07, 6.45) is 2.63. The van der Waals surface area contributed by atoms with Crippen LogP contribution in [0.5, 0.6) is 0 Å². The van der Waals surface area contributed by atoms with Crippen LogP contribution < -0.4 is 5.32 Å². The molecule has 0 heterocycles. The standard InChI is InChI=1S/C15H21NO2/c1-3-18-15(17)11(2)16-10-12-5-4-6-14(9-12)13-7-8-13/h4-6,9,11,13,16H,3,7-8,10H2,1-2H3.